The minimum Gasteiger partial charge on any atom is -0.508 e. The molecular formula is C23H19N5OS. The number of thiocarbonyl (C=S) groups is 1. The highest BCUT2D eigenvalue weighted by molar-refractivity contribution is 7.80. The lowest BCUT2D eigenvalue weighted by Crippen LogP contribution is -2.30. The van der Waals surface area contributed by atoms with Crippen molar-refractivity contribution in [2.24, 2.45) is 0 Å². The van der Waals surface area contributed by atoms with Crippen molar-refractivity contribution in [3.8, 4) is 11.4 Å². The number of hydrogen-bond donors (Lipinski definition) is 2. The summed E-state index contributed by atoms with van der Waals surface area (Å²) in [5, 5.41) is 13.8. The first-order chi connectivity index (χ1) is 14.7. The molecule has 4 heterocycles. The Bertz CT molecular complexity index is 1160. The van der Waals surface area contributed by atoms with Crippen LogP contribution in [-0.4, -0.2) is 24.8 Å². The minimum atomic E-state index is -0.139. The van der Waals surface area contributed by atoms with Crippen molar-refractivity contribution in [3.05, 3.63) is 103 Å². The number of aromatic nitrogens is 3. The summed E-state index contributed by atoms with van der Waals surface area (Å²) in [5.74, 6) is 0.217. The van der Waals surface area contributed by atoms with Crippen LogP contribution in [-0.2, 0) is 0 Å². The number of aromatic hydroxyl groups is 1. The van der Waals surface area contributed by atoms with Gasteiger partial charge in [-0.05, 0) is 72.9 Å². The van der Waals surface area contributed by atoms with Crippen LogP contribution >= 0.6 is 12.2 Å². The van der Waals surface area contributed by atoms with Gasteiger partial charge in [0.1, 0.15) is 11.8 Å². The summed E-state index contributed by atoms with van der Waals surface area (Å²) in [5.41, 5.74) is 3.90. The molecule has 7 heteroatoms. The number of phenolic OH excluding ortho intramolecular Hbond substituents is 1. The Hall–Kier alpha value is -3.71. The standard InChI is InChI=1S/C23H19N5OS/c29-18-8-6-17(7-9-18)28-22(21(26-23(28)30)19-4-1-2-12-25-19)20-5-3-15-27(20)16-10-13-24-14-11-16/h1-15,21-22,29H,(H,26,30)/t21-,22+/m1/s1. The molecule has 1 fully saturated rings. The smallest absolute Gasteiger partial charge is 0.174 e. The van der Waals surface area contributed by atoms with Gasteiger partial charge in [-0.3, -0.25) is 9.97 Å². The van der Waals surface area contributed by atoms with E-state index < -0.39 is 0 Å². The molecule has 0 radical (unpaired) electrons. The average Bonchev–Trinajstić information content (AvgIpc) is 3.40. The van der Waals surface area contributed by atoms with E-state index in [9.17, 15) is 5.11 Å². The molecule has 0 aliphatic carbocycles. The van der Waals surface area contributed by atoms with E-state index in [0.29, 0.717) is 5.11 Å². The van der Waals surface area contributed by atoms with E-state index in [2.05, 4.69) is 30.8 Å². The summed E-state index contributed by atoms with van der Waals surface area (Å²) in [6.45, 7) is 0. The van der Waals surface area contributed by atoms with Crippen LogP contribution in [0.25, 0.3) is 5.69 Å². The number of benzene rings is 1. The van der Waals surface area contributed by atoms with Gasteiger partial charge in [0.15, 0.2) is 5.11 Å². The maximum atomic E-state index is 9.75. The van der Waals surface area contributed by atoms with Gasteiger partial charge in [0.25, 0.3) is 0 Å². The molecule has 3 aromatic heterocycles. The van der Waals surface area contributed by atoms with Crippen molar-refractivity contribution in [2.75, 3.05) is 4.90 Å². The zero-order valence-corrected chi connectivity index (χ0v) is 16.8. The zero-order chi connectivity index (χ0) is 20.5. The first kappa shape index (κ1) is 18.3. The van der Waals surface area contributed by atoms with E-state index in [4.69, 9.17) is 12.2 Å². The fraction of sp³-hybridized carbons (Fsp3) is 0.0870. The minimum absolute atomic E-state index is 0.136. The molecule has 1 aliphatic rings. The number of anilines is 1. The highest BCUT2D eigenvalue weighted by Gasteiger charge is 2.42. The van der Waals surface area contributed by atoms with Crippen LogP contribution in [0.5, 0.6) is 5.75 Å². The summed E-state index contributed by atoms with van der Waals surface area (Å²) in [7, 11) is 0. The van der Waals surface area contributed by atoms with Gasteiger partial charge in [-0.2, -0.15) is 0 Å². The predicted molar refractivity (Wildman–Crippen MR) is 120 cm³/mol. The van der Waals surface area contributed by atoms with Crippen LogP contribution in [0.2, 0.25) is 0 Å². The molecule has 0 saturated carbocycles. The van der Waals surface area contributed by atoms with Crippen molar-refractivity contribution in [2.45, 2.75) is 12.1 Å². The molecule has 1 aromatic carbocycles. The van der Waals surface area contributed by atoms with Crippen LogP contribution in [0.1, 0.15) is 23.5 Å². The first-order valence-corrected chi connectivity index (χ1v) is 10.0. The summed E-state index contributed by atoms with van der Waals surface area (Å²) >= 11 is 5.75. The van der Waals surface area contributed by atoms with Crippen molar-refractivity contribution < 1.29 is 5.11 Å². The molecule has 2 atom stereocenters. The van der Waals surface area contributed by atoms with Gasteiger partial charge in [-0.15, -0.1) is 0 Å². The molecule has 2 N–H and O–H groups in total. The highest BCUT2D eigenvalue weighted by atomic mass is 32.1. The van der Waals surface area contributed by atoms with Gasteiger partial charge in [-0.25, -0.2) is 0 Å². The van der Waals surface area contributed by atoms with Gasteiger partial charge in [0.05, 0.1) is 11.7 Å². The molecule has 1 saturated heterocycles. The monoisotopic (exact) mass is 413 g/mol. The summed E-state index contributed by atoms with van der Waals surface area (Å²) in [4.78, 5) is 10.8. The number of pyridine rings is 2. The molecule has 0 spiro atoms. The van der Waals surface area contributed by atoms with Crippen LogP contribution in [0, 0.1) is 0 Å². The average molecular weight is 414 g/mol. The molecule has 148 valence electrons. The Kier molecular flexibility index (Phi) is 4.65. The van der Waals surface area contributed by atoms with E-state index in [-0.39, 0.29) is 17.8 Å². The maximum absolute atomic E-state index is 9.75. The van der Waals surface area contributed by atoms with Gasteiger partial charge in [0.2, 0.25) is 0 Å². The third-order valence-corrected chi connectivity index (χ3v) is 5.56. The van der Waals surface area contributed by atoms with Gasteiger partial charge in [0, 0.05) is 41.9 Å². The van der Waals surface area contributed by atoms with Crippen LogP contribution < -0.4 is 10.2 Å². The molecule has 0 amide bonds. The topological polar surface area (TPSA) is 66.2 Å². The van der Waals surface area contributed by atoms with Crippen molar-refractivity contribution in [1.82, 2.24) is 19.9 Å². The van der Waals surface area contributed by atoms with E-state index in [1.807, 2.05) is 54.7 Å². The van der Waals surface area contributed by atoms with Gasteiger partial charge >= 0.3 is 0 Å². The molecule has 5 rings (SSSR count). The van der Waals surface area contributed by atoms with Gasteiger partial charge < -0.3 is 19.9 Å². The Morgan fingerprint density at radius 2 is 1.67 bits per heavy atom. The lowest BCUT2D eigenvalue weighted by Gasteiger charge is -2.29. The van der Waals surface area contributed by atoms with Crippen LogP contribution in [0.4, 0.5) is 5.69 Å². The summed E-state index contributed by atoms with van der Waals surface area (Å²) < 4.78 is 2.14. The van der Waals surface area contributed by atoms with E-state index in [0.717, 1.165) is 22.8 Å². The number of hydrogen-bond acceptors (Lipinski definition) is 4. The van der Waals surface area contributed by atoms with Crippen molar-refractivity contribution in [1.29, 1.82) is 0 Å². The molecule has 6 nitrogen and oxygen atoms in total. The highest BCUT2D eigenvalue weighted by Crippen LogP contribution is 2.42. The second kappa shape index (κ2) is 7.61. The van der Waals surface area contributed by atoms with Crippen molar-refractivity contribution >= 4 is 23.0 Å². The molecule has 1 aliphatic heterocycles. The van der Waals surface area contributed by atoms with E-state index in [1.54, 1.807) is 30.7 Å². The molecule has 0 bridgehead atoms. The third kappa shape index (κ3) is 3.19. The fourth-order valence-corrected chi connectivity index (χ4v) is 4.27. The van der Waals surface area contributed by atoms with E-state index >= 15 is 0 Å². The molecule has 0 unspecified atom stereocenters. The molecular weight excluding hydrogens is 394 g/mol. The molecule has 30 heavy (non-hydrogen) atoms. The number of phenols is 1. The zero-order valence-electron chi connectivity index (χ0n) is 16.0. The Morgan fingerprint density at radius 1 is 0.867 bits per heavy atom. The fourth-order valence-electron chi connectivity index (χ4n) is 3.92. The summed E-state index contributed by atoms with van der Waals surface area (Å²) in [6.07, 6.45) is 7.40. The number of nitrogens with zero attached hydrogens (tertiary/aromatic N) is 4. The quantitative estimate of drug-likeness (QED) is 0.490. The van der Waals surface area contributed by atoms with Crippen LogP contribution in [0.3, 0.4) is 0 Å². The Balaban J connectivity index is 1.67. The first-order valence-electron chi connectivity index (χ1n) is 9.60. The number of nitrogens with one attached hydrogen (secondary N) is 1. The van der Waals surface area contributed by atoms with Crippen LogP contribution in [0.15, 0.2) is 91.5 Å². The second-order valence-electron chi connectivity index (χ2n) is 7.02. The Morgan fingerprint density at radius 3 is 2.40 bits per heavy atom. The van der Waals surface area contributed by atoms with E-state index in [1.165, 1.54) is 0 Å². The lowest BCUT2D eigenvalue weighted by molar-refractivity contribution is 0.475. The lowest BCUT2D eigenvalue weighted by atomic mass is 10.0. The third-order valence-electron chi connectivity index (χ3n) is 5.25. The van der Waals surface area contributed by atoms with Gasteiger partial charge in [-0.1, -0.05) is 6.07 Å². The predicted octanol–water partition coefficient (Wildman–Crippen LogP) is 4.15. The Labute approximate surface area is 179 Å². The number of rotatable bonds is 4. The summed E-state index contributed by atoms with van der Waals surface area (Å²) in [6, 6.07) is 20.8. The van der Waals surface area contributed by atoms with Crippen molar-refractivity contribution in [3.63, 3.8) is 0 Å². The normalized spacial score (nSPS) is 18.4. The largest absolute Gasteiger partial charge is 0.508 e. The maximum Gasteiger partial charge on any atom is 0.174 e. The second-order valence-corrected chi connectivity index (χ2v) is 7.41. The molecule has 4 aromatic rings. The SMILES string of the molecule is Oc1ccc(N2C(=S)N[C@H](c3ccccn3)[C@@H]2c2cccn2-c2ccncc2)cc1.